The number of ether oxygens (including phenoxy) is 4. The van der Waals surface area contributed by atoms with Gasteiger partial charge in [-0.15, -0.1) is 0 Å². The van der Waals surface area contributed by atoms with E-state index in [2.05, 4.69) is 0 Å². The summed E-state index contributed by atoms with van der Waals surface area (Å²) in [7, 11) is 2.97. The van der Waals surface area contributed by atoms with Crippen molar-refractivity contribution in [2.45, 2.75) is 56.4 Å². The van der Waals surface area contributed by atoms with E-state index in [1.807, 2.05) is 37.3 Å². The van der Waals surface area contributed by atoms with E-state index in [4.69, 9.17) is 18.9 Å². The van der Waals surface area contributed by atoms with Gasteiger partial charge < -0.3 is 18.9 Å². The molecule has 1 aromatic carbocycles. The van der Waals surface area contributed by atoms with Crippen LogP contribution in [0.3, 0.4) is 0 Å². The van der Waals surface area contributed by atoms with Gasteiger partial charge in [-0.2, -0.15) is 0 Å². The number of carbonyl (C=O) groups excluding carboxylic acids is 1. The maximum atomic E-state index is 13.1. The minimum absolute atomic E-state index is 0.201. The first-order chi connectivity index (χ1) is 10.9. The van der Waals surface area contributed by atoms with Crippen molar-refractivity contribution in [2.75, 3.05) is 14.2 Å². The third-order valence-corrected chi connectivity index (χ3v) is 5.25. The first-order valence-corrected chi connectivity index (χ1v) is 7.93. The molecule has 23 heavy (non-hydrogen) atoms. The highest BCUT2D eigenvalue weighted by atomic mass is 16.7. The molecule has 0 aliphatic carbocycles. The van der Waals surface area contributed by atoms with Gasteiger partial charge in [0.25, 0.3) is 5.79 Å². The summed E-state index contributed by atoms with van der Waals surface area (Å²) in [6.45, 7) is 4.10. The Morgan fingerprint density at radius 3 is 2.43 bits per heavy atom. The molecule has 2 saturated heterocycles. The molecule has 0 spiro atoms. The Morgan fingerprint density at radius 1 is 1.17 bits per heavy atom. The molecule has 2 heterocycles. The predicted molar refractivity (Wildman–Crippen MR) is 83.9 cm³/mol. The Bertz CT molecular complexity index is 582. The largest absolute Gasteiger partial charge is 0.370 e. The van der Waals surface area contributed by atoms with E-state index in [0.717, 1.165) is 12.0 Å². The Hall–Kier alpha value is -1.27. The van der Waals surface area contributed by atoms with Crippen LogP contribution in [0.4, 0.5) is 0 Å². The summed E-state index contributed by atoms with van der Waals surface area (Å²) in [6.07, 6.45) is 1.03. The van der Waals surface area contributed by atoms with Crippen molar-refractivity contribution in [3.05, 3.63) is 35.9 Å². The molecule has 0 saturated carbocycles. The van der Waals surface area contributed by atoms with Gasteiger partial charge in [-0.05, 0) is 32.3 Å². The fourth-order valence-corrected chi connectivity index (χ4v) is 3.97. The fraction of sp³-hybridized carbons (Fsp3) is 0.611. The van der Waals surface area contributed by atoms with E-state index in [1.54, 1.807) is 6.92 Å². The molecule has 0 amide bonds. The smallest absolute Gasteiger partial charge is 0.261 e. The summed E-state index contributed by atoms with van der Waals surface area (Å²) >= 11 is 0. The van der Waals surface area contributed by atoms with Gasteiger partial charge >= 0.3 is 0 Å². The molecule has 2 aliphatic heterocycles. The molecule has 3 atom stereocenters. The molecular weight excluding hydrogens is 296 g/mol. The number of ketones is 1. The molecule has 0 N–H and O–H groups in total. The zero-order valence-corrected chi connectivity index (χ0v) is 14.1. The van der Waals surface area contributed by atoms with Gasteiger partial charge in [0, 0.05) is 14.2 Å². The summed E-state index contributed by atoms with van der Waals surface area (Å²) in [6, 6.07) is 9.90. The molecule has 2 bridgehead atoms. The van der Waals surface area contributed by atoms with Crippen LogP contribution in [0.15, 0.2) is 30.3 Å². The second kappa shape index (κ2) is 5.67. The minimum Gasteiger partial charge on any atom is -0.370 e. The lowest BCUT2D eigenvalue weighted by Crippen LogP contribution is -2.55. The van der Waals surface area contributed by atoms with Gasteiger partial charge in [-0.1, -0.05) is 30.3 Å². The molecule has 126 valence electrons. The third kappa shape index (κ3) is 2.26. The lowest BCUT2D eigenvalue weighted by Gasteiger charge is -2.42. The van der Waals surface area contributed by atoms with Crippen molar-refractivity contribution in [1.82, 2.24) is 0 Å². The second-order valence-electron chi connectivity index (χ2n) is 6.62. The van der Waals surface area contributed by atoms with E-state index in [-0.39, 0.29) is 11.9 Å². The average Bonchev–Trinajstić information content (AvgIpc) is 2.69. The van der Waals surface area contributed by atoms with Crippen LogP contribution in [0.5, 0.6) is 0 Å². The summed E-state index contributed by atoms with van der Waals surface area (Å²) in [5, 5.41) is 0. The van der Waals surface area contributed by atoms with Crippen molar-refractivity contribution >= 4 is 5.78 Å². The van der Waals surface area contributed by atoms with Crippen molar-refractivity contribution in [1.29, 1.82) is 0 Å². The van der Waals surface area contributed by atoms with Crippen LogP contribution in [-0.2, 0) is 30.3 Å². The van der Waals surface area contributed by atoms with Crippen LogP contribution >= 0.6 is 0 Å². The zero-order chi connectivity index (χ0) is 16.7. The van der Waals surface area contributed by atoms with Crippen molar-refractivity contribution in [3.8, 4) is 0 Å². The first-order valence-electron chi connectivity index (χ1n) is 7.93. The fourth-order valence-electron chi connectivity index (χ4n) is 3.97. The number of benzene rings is 1. The number of fused-ring (bicyclic) bond motifs is 2. The van der Waals surface area contributed by atoms with Gasteiger partial charge in [0.05, 0.1) is 12.7 Å². The minimum atomic E-state index is -1.37. The molecule has 3 rings (SSSR count). The third-order valence-electron chi connectivity index (χ3n) is 5.25. The quantitative estimate of drug-likeness (QED) is 0.780. The van der Waals surface area contributed by atoms with Crippen LogP contribution in [-0.4, -0.2) is 43.1 Å². The van der Waals surface area contributed by atoms with Crippen LogP contribution in [0.2, 0.25) is 0 Å². The number of carbonyl (C=O) groups is 1. The molecule has 5 nitrogen and oxygen atoms in total. The van der Waals surface area contributed by atoms with Crippen LogP contribution < -0.4 is 0 Å². The zero-order valence-electron chi connectivity index (χ0n) is 14.1. The molecule has 1 aromatic rings. The van der Waals surface area contributed by atoms with Gasteiger partial charge in [0.2, 0.25) is 5.78 Å². The normalized spacial score (nSPS) is 35.5. The van der Waals surface area contributed by atoms with Crippen LogP contribution in [0.25, 0.3) is 0 Å². The number of Topliss-reactive ketones (excluding diaryl/α,β-unsaturated/α-hetero) is 1. The molecule has 5 heteroatoms. The second-order valence-corrected chi connectivity index (χ2v) is 6.62. The highest BCUT2D eigenvalue weighted by Gasteiger charge is 2.74. The Balaban J connectivity index is 1.83. The number of methoxy groups -OCH3 is 2. The van der Waals surface area contributed by atoms with Gasteiger partial charge in [0.15, 0.2) is 5.60 Å². The highest BCUT2D eigenvalue weighted by Crippen LogP contribution is 2.53. The number of hydrogen-bond acceptors (Lipinski definition) is 5. The molecule has 0 aromatic heterocycles. The van der Waals surface area contributed by atoms with Crippen LogP contribution in [0.1, 0.15) is 32.3 Å². The van der Waals surface area contributed by atoms with Crippen molar-refractivity contribution in [3.63, 3.8) is 0 Å². The van der Waals surface area contributed by atoms with Crippen molar-refractivity contribution < 1.29 is 23.7 Å². The predicted octanol–water partition coefficient (Wildman–Crippen LogP) is 2.47. The van der Waals surface area contributed by atoms with Gasteiger partial charge in [-0.3, -0.25) is 4.79 Å². The molecule has 0 radical (unpaired) electrons. The van der Waals surface area contributed by atoms with E-state index in [0.29, 0.717) is 13.0 Å². The molecule has 2 fully saturated rings. The summed E-state index contributed by atoms with van der Waals surface area (Å²) in [4.78, 5) is 13.1. The Morgan fingerprint density at radius 2 is 1.83 bits per heavy atom. The maximum absolute atomic E-state index is 13.1. The van der Waals surface area contributed by atoms with E-state index >= 15 is 0 Å². The summed E-state index contributed by atoms with van der Waals surface area (Å²) in [5.41, 5.74) is -0.789. The van der Waals surface area contributed by atoms with Crippen LogP contribution in [0, 0.1) is 0 Å². The maximum Gasteiger partial charge on any atom is 0.261 e. The average molecular weight is 320 g/mol. The highest BCUT2D eigenvalue weighted by molar-refractivity contribution is 5.97. The number of rotatable bonds is 5. The first kappa shape index (κ1) is 16.6. The van der Waals surface area contributed by atoms with Gasteiger partial charge in [0.1, 0.15) is 5.60 Å². The summed E-state index contributed by atoms with van der Waals surface area (Å²) < 4.78 is 23.2. The standard InChI is InChI=1S/C18H24O5/c1-16-11-10-14(22-12-13-8-6-5-7-9-13)17(2,23-16)15(19)18(16,20-3)21-4/h5-9,14H,10-12H2,1-4H3/t14-,16+,17-/m1/s1. The SMILES string of the molecule is COC1(OC)C(=O)[C@]2(C)O[C@@]1(C)CC[C@H]2OCc1ccccc1. The lowest BCUT2D eigenvalue weighted by atomic mass is 9.90. The van der Waals surface area contributed by atoms with E-state index in [1.165, 1.54) is 14.2 Å². The Labute approximate surface area is 136 Å². The van der Waals surface area contributed by atoms with E-state index < -0.39 is 17.0 Å². The lowest BCUT2D eigenvalue weighted by molar-refractivity contribution is -0.281. The van der Waals surface area contributed by atoms with E-state index in [9.17, 15) is 4.79 Å². The monoisotopic (exact) mass is 320 g/mol. The number of hydrogen-bond donors (Lipinski definition) is 0. The van der Waals surface area contributed by atoms with Crippen molar-refractivity contribution in [2.24, 2.45) is 0 Å². The molecule has 0 unspecified atom stereocenters. The molecule has 2 aliphatic rings. The Kier molecular flexibility index (Phi) is 4.09. The summed E-state index contributed by atoms with van der Waals surface area (Å²) in [5.74, 6) is -1.57. The molecular formula is C18H24O5. The van der Waals surface area contributed by atoms with Gasteiger partial charge in [-0.25, -0.2) is 0 Å². The topological polar surface area (TPSA) is 54.0 Å².